The molecule has 1 heterocycles. The van der Waals surface area contributed by atoms with Crippen LogP contribution >= 0.6 is 0 Å². The molecule has 176 valence electrons. The van der Waals surface area contributed by atoms with Gasteiger partial charge in [-0.1, -0.05) is 30.0 Å². The monoisotopic (exact) mass is 480 g/mol. The van der Waals surface area contributed by atoms with Crippen molar-refractivity contribution in [1.82, 2.24) is 10.2 Å². The first-order valence-corrected chi connectivity index (χ1v) is 13.2. The van der Waals surface area contributed by atoms with Gasteiger partial charge in [-0.25, -0.2) is 12.8 Å². The van der Waals surface area contributed by atoms with Crippen LogP contribution in [0.25, 0.3) is 0 Å². The average molecular weight is 481 g/mol. The van der Waals surface area contributed by atoms with Crippen molar-refractivity contribution in [3.63, 3.8) is 0 Å². The third kappa shape index (κ3) is 4.09. The molecule has 0 unspecified atom stereocenters. The highest BCUT2D eigenvalue weighted by atomic mass is 32.2. The summed E-state index contributed by atoms with van der Waals surface area (Å²) >= 11 is 0. The molecule has 1 saturated carbocycles. The average Bonchev–Trinajstić information content (AvgIpc) is 3.58. The third-order valence-electron chi connectivity index (χ3n) is 6.90. The fraction of sp³-hybridized carbons (Fsp3) is 0.385. The van der Waals surface area contributed by atoms with Crippen LogP contribution in [0, 0.1) is 36.4 Å². The number of nitrogens with zero attached hydrogens (tertiary/aromatic N) is 1. The molecular weight excluding hydrogens is 455 g/mol. The van der Waals surface area contributed by atoms with Crippen molar-refractivity contribution in [2.24, 2.45) is 11.8 Å². The van der Waals surface area contributed by atoms with Crippen molar-refractivity contribution in [2.75, 3.05) is 6.26 Å². The smallest absolute Gasteiger partial charge is 0.255 e. The molecule has 2 aromatic rings. The Balaban J connectivity index is 1.41. The van der Waals surface area contributed by atoms with Crippen LogP contribution in [0.4, 0.5) is 4.39 Å². The lowest BCUT2D eigenvalue weighted by Crippen LogP contribution is -2.50. The zero-order valence-corrected chi connectivity index (χ0v) is 19.7. The Morgan fingerprint density at radius 2 is 1.91 bits per heavy atom. The lowest BCUT2D eigenvalue weighted by molar-refractivity contribution is -0.126. The number of carbonyl (C=O) groups is 2. The topological polar surface area (TPSA) is 83.6 Å². The van der Waals surface area contributed by atoms with E-state index in [0.717, 1.165) is 24.7 Å². The number of benzene rings is 2. The van der Waals surface area contributed by atoms with Gasteiger partial charge >= 0.3 is 0 Å². The molecule has 0 aromatic heterocycles. The number of likely N-dealkylation sites (tertiary alicyclic amines) is 1. The Morgan fingerprint density at radius 1 is 1.15 bits per heavy atom. The number of fused-ring (bicyclic) bond motifs is 1. The number of aryl methyl sites for hydroxylation is 1. The van der Waals surface area contributed by atoms with Crippen LogP contribution in [0.1, 0.15) is 46.8 Å². The summed E-state index contributed by atoms with van der Waals surface area (Å²) < 4.78 is 38.1. The molecule has 34 heavy (non-hydrogen) atoms. The van der Waals surface area contributed by atoms with E-state index in [1.165, 1.54) is 29.2 Å². The maximum atomic E-state index is 14.2. The van der Waals surface area contributed by atoms with Gasteiger partial charge in [0.05, 0.1) is 16.9 Å². The van der Waals surface area contributed by atoms with Gasteiger partial charge in [0, 0.05) is 11.8 Å². The summed E-state index contributed by atoms with van der Waals surface area (Å²) in [6, 6.07) is 9.42. The van der Waals surface area contributed by atoms with Gasteiger partial charge in [-0.05, 0) is 67.5 Å². The Labute approximate surface area is 198 Å². The minimum absolute atomic E-state index is 0.0463. The largest absolute Gasteiger partial charge is 0.347 e. The number of hydrogen-bond acceptors (Lipinski definition) is 4. The molecule has 0 bridgehead atoms. The molecule has 0 radical (unpaired) electrons. The molecule has 4 atom stereocenters. The number of rotatable bonds is 6. The molecule has 8 heteroatoms. The van der Waals surface area contributed by atoms with Gasteiger partial charge in [-0.15, -0.1) is 0 Å². The second-order valence-corrected chi connectivity index (χ2v) is 11.5. The van der Waals surface area contributed by atoms with Crippen molar-refractivity contribution in [2.45, 2.75) is 49.2 Å². The van der Waals surface area contributed by atoms with Crippen molar-refractivity contribution < 1.29 is 22.4 Å². The van der Waals surface area contributed by atoms with E-state index in [-0.39, 0.29) is 46.1 Å². The summed E-state index contributed by atoms with van der Waals surface area (Å²) in [7, 11) is -3.49. The Morgan fingerprint density at radius 3 is 2.53 bits per heavy atom. The number of hydrogen-bond donors (Lipinski definition) is 1. The molecule has 3 aliphatic rings. The predicted molar refractivity (Wildman–Crippen MR) is 124 cm³/mol. The first-order valence-electron chi connectivity index (χ1n) is 11.3. The van der Waals surface area contributed by atoms with Gasteiger partial charge in [0.1, 0.15) is 17.9 Å². The van der Waals surface area contributed by atoms with E-state index in [9.17, 15) is 22.4 Å². The van der Waals surface area contributed by atoms with Crippen LogP contribution in [-0.4, -0.2) is 43.5 Å². The first kappa shape index (κ1) is 22.6. The predicted octanol–water partition coefficient (Wildman–Crippen LogP) is 3.02. The summed E-state index contributed by atoms with van der Waals surface area (Å²) in [5, 5.41) is 3.07. The Hall–Kier alpha value is -3.18. The summed E-state index contributed by atoms with van der Waals surface area (Å²) in [5.74, 6) is 5.12. The van der Waals surface area contributed by atoms with Gasteiger partial charge in [0.2, 0.25) is 5.91 Å². The summed E-state index contributed by atoms with van der Waals surface area (Å²) in [4.78, 5) is 28.4. The lowest BCUT2D eigenvalue weighted by atomic mass is 9.92. The van der Waals surface area contributed by atoms with E-state index in [4.69, 9.17) is 0 Å². The highest BCUT2D eigenvalue weighted by Crippen LogP contribution is 2.42. The van der Waals surface area contributed by atoms with E-state index in [0.29, 0.717) is 12.0 Å². The Bertz CT molecular complexity index is 1360. The second kappa shape index (κ2) is 8.24. The molecule has 2 amide bonds. The van der Waals surface area contributed by atoms with Gasteiger partial charge in [-0.3, -0.25) is 9.59 Å². The lowest BCUT2D eigenvalue weighted by Gasteiger charge is -2.31. The number of nitrogens with one attached hydrogen (secondary N) is 1. The quantitative estimate of drug-likeness (QED) is 0.645. The van der Waals surface area contributed by atoms with Crippen molar-refractivity contribution >= 4 is 21.7 Å². The molecule has 5 rings (SSSR count). The van der Waals surface area contributed by atoms with Gasteiger partial charge in [0.15, 0.2) is 9.84 Å². The molecule has 2 fully saturated rings. The first-order chi connectivity index (χ1) is 16.1. The van der Waals surface area contributed by atoms with E-state index in [1.54, 1.807) is 19.1 Å². The Kier molecular flexibility index (Phi) is 5.48. The number of carbonyl (C=O) groups excluding carboxylic acids is 2. The second-order valence-electron chi connectivity index (χ2n) is 9.44. The van der Waals surface area contributed by atoms with Crippen LogP contribution in [0.3, 0.4) is 0 Å². The van der Waals surface area contributed by atoms with Crippen molar-refractivity contribution in [3.05, 3.63) is 65.0 Å². The van der Waals surface area contributed by atoms with E-state index < -0.39 is 21.8 Å². The number of sulfone groups is 1. The van der Waals surface area contributed by atoms with Crippen molar-refractivity contribution in [1.29, 1.82) is 0 Å². The fourth-order valence-corrected chi connectivity index (χ4v) is 5.41. The third-order valence-corrected chi connectivity index (χ3v) is 8.01. The molecule has 1 aliphatic heterocycles. The molecule has 0 spiro atoms. The van der Waals surface area contributed by atoms with E-state index >= 15 is 0 Å². The summed E-state index contributed by atoms with van der Waals surface area (Å²) in [6.45, 7) is 1.69. The fourth-order valence-electron chi connectivity index (χ4n) is 4.74. The highest BCUT2D eigenvalue weighted by Gasteiger charge is 2.49. The molecular formula is C26H25FN2O4S. The summed E-state index contributed by atoms with van der Waals surface area (Å²) in [6.07, 6.45) is 3.39. The van der Waals surface area contributed by atoms with Gasteiger partial charge < -0.3 is 10.2 Å². The van der Waals surface area contributed by atoms with Crippen LogP contribution < -0.4 is 5.32 Å². The normalized spacial score (nSPS) is 23.9. The maximum absolute atomic E-state index is 14.2. The zero-order chi connectivity index (χ0) is 24.2. The zero-order valence-electron chi connectivity index (χ0n) is 18.9. The molecule has 6 nitrogen and oxygen atoms in total. The number of halogens is 1. The minimum Gasteiger partial charge on any atom is -0.347 e. The van der Waals surface area contributed by atoms with E-state index in [1.807, 2.05) is 6.07 Å². The molecule has 2 aliphatic carbocycles. The van der Waals surface area contributed by atoms with Crippen LogP contribution in [-0.2, 0) is 14.6 Å². The van der Waals surface area contributed by atoms with Crippen LogP contribution in [0.2, 0.25) is 0 Å². The molecule has 1 N–H and O–H groups in total. The summed E-state index contributed by atoms with van der Waals surface area (Å²) in [5.41, 5.74) is 1.46. The van der Waals surface area contributed by atoms with Gasteiger partial charge in [-0.2, -0.15) is 0 Å². The minimum atomic E-state index is -3.49. The van der Waals surface area contributed by atoms with Crippen molar-refractivity contribution in [3.8, 4) is 11.8 Å². The number of amides is 2. The molecule has 2 aromatic carbocycles. The van der Waals surface area contributed by atoms with Crippen LogP contribution in [0.15, 0.2) is 47.4 Å². The standard InChI is InChI=1S/C26H25FN2O4S/c1-15-6-7-18(13-21(15)27)24(16-8-9-16)28-25(30)23-14-17-10-11-22(17)29(23)26(31)19-4-3-5-20(12-19)34(2,32)33/h3-7,12-13,16-17,22-24H,8-9,14H2,1-2H3,(H,28,30)/t17-,22-,23-,24-/m1/s1. The maximum Gasteiger partial charge on any atom is 0.255 e. The molecule has 1 saturated heterocycles. The SMILES string of the molecule is Cc1ccc([C@H](NC(=O)[C@H]2C[C@H]3C#C[C@H]3N2C(=O)c2cccc(S(C)(=O)=O)c2)C2CC2)cc1F. The highest BCUT2D eigenvalue weighted by molar-refractivity contribution is 7.90. The van der Waals surface area contributed by atoms with Gasteiger partial charge in [0.25, 0.3) is 5.91 Å². The van der Waals surface area contributed by atoms with Crippen LogP contribution in [0.5, 0.6) is 0 Å². The van der Waals surface area contributed by atoms with E-state index in [2.05, 4.69) is 17.2 Å².